The smallest absolute Gasteiger partial charge is 0.390 e. The Morgan fingerprint density at radius 2 is 1.97 bits per heavy atom. The molecule has 1 aliphatic heterocycles. The van der Waals surface area contributed by atoms with Gasteiger partial charge in [-0.05, 0) is 31.4 Å². The Balaban J connectivity index is 2.37. The third kappa shape index (κ3) is 8.16. The number of anilines is 1. The van der Waals surface area contributed by atoms with Crippen LogP contribution in [0, 0.1) is 5.92 Å². The molecule has 1 aromatic rings. The second-order valence-corrected chi connectivity index (χ2v) is 8.97. The predicted molar refractivity (Wildman–Crippen MR) is 124 cm³/mol. The van der Waals surface area contributed by atoms with Crippen molar-refractivity contribution in [3.05, 3.63) is 23.8 Å². The number of alkyl halides is 3. The lowest BCUT2D eigenvalue weighted by molar-refractivity contribution is -0.140. The van der Waals surface area contributed by atoms with Crippen LogP contribution in [0.15, 0.2) is 18.2 Å². The van der Waals surface area contributed by atoms with E-state index in [0.717, 1.165) is 0 Å². The molecular formula is C24H36F3N3O4. The molecule has 2 rings (SSSR count). The molecule has 0 spiro atoms. The number of carbonyl (C=O) groups excluding carboxylic acids is 2. The first-order valence-corrected chi connectivity index (χ1v) is 11.6. The summed E-state index contributed by atoms with van der Waals surface area (Å²) in [6.45, 7) is 6.16. The molecule has 0 saturated heterocycles. The van der Waals surface area contributed by atoms with Crippen molar-refractivity contribution in [2.45, 2.75) is 58.4 Å². The largest absolute Gasteiger partial charge is 0.491 e. The standard InChI is InChI=1S/C24H36F3N3O4/c1-6-7-22(31)28-18-8-9-19-20(12-18)34-15-17(3)30(11-10-24(25,26)27)13-16(2)21(33-5)14-29(4)23(19)32/h8-9,12,16-17,21H,6-7,10-11,13-15H2,1-5H3,(H,28,31)/t16-,17+,21-/m1/s1. The van der Waals surface area contributed by atoms with Crippen LogP contribution in [-0.4, -0.2) is 80.3 Å². The van der Waals surface area contributed by atoms with Crippen LogP contribution in [0.25, 0.3) is 0 Å². The summed E-state index contributed by atoms with van der Waals surface area (Å²) >= 11 is 0. The van der Waals surface area contributed by atoms with Crippen molar-refractivity contribution in [3.63, 3.8) is 0 Å². The maximum absolute atomic E-state index is 13.2. The van der Waals surface area contributed by atoms with Gasteiger partial charge in [-0.15, -0.1) is 0 Å². The molecule has 1 heterocycles. The van der Waals surface area contributed by atoms with E-state index in [4.69, 9.17) is 9.47 Å². The van der Waals surface area contributed by atoms with Crippen molar-refractivity contribution in [1.29, 1.82) is 0 Å². The van der Waals surface area contributed by atoms with Crippen molar-refractivity contribution in [2.24, 2.45) is 5.92 Å². The Bertz CT molecular complexity index is 834. The number of rotatable bonds is 6. The zero-order chi connectivity index (χ0) is 25.5. The molecule has 0 fully saturated rings. The van der Waals surface area contributed by atoms with Crippen molar-refractivity contribution < 1.29 is 32.2 Å². The number of carbonyl (C=O) groups is 2. The number of fused-ring (bicyclic) bond motifs is 1. The highest BCUT2D eigenvalue weighted by atomic mass is 19.4. The van der Waals surface area contributed by atoms with Crippen LogP contribution < -0.4 is 10.1 Å². The zero-order valence-electron chi connectivity index (χ0n) is 20.6. The van der Waals surface area contributed by atoms with Gasteiger partial charge in [-0.2, -0.15) is 13.2 Å². The molecular weight excluding hydrogens is 451 g/mol. The van der Waals surface area contributed by atoms with Gasteiger partial charge in [0, 0.05) is 58.0 Å². The van der Waals surface area contributed by atoms with Crippen molar-refractivity contribution >= 4 is 17.5 Å². The van der Waals surface area contributed by atoms with Gasteiger partial charge in [-0.3, -0.25) is 14.5 Å². The van der Waals surface area contributed by atoms with Gasteiger partial charge in [0.05, 0.1) is 18.1 Å². The highest BCUT2D eigenvalue weighted by Crippen LogP contribution is 2.27. The van der Waals surface area contributed by atoms with E-state index < -0.39 is 12.6 Å². The van der Waals surface area contributed by atoms with Gasteiger partial charge in [0.15, 0.2) is 0 Å². The fourth-order valence-corrected chi connectivity index (χ4v) is 3.96. The summed E-state index contributed by atoms with van der Waals surface area (Å²) in [5, 5.41) is 2.78. The van der Waals surface area contributed by atoms with Gasteiger partial charge in [0.1, 0.15) is 12.4 Å². The molecule has 0 bridgehead atoms. The summed E-state index contributed by atoms with van der Waals surface area (Å²) in [6, 6.07) is 4.48. The molecule has 0 aliphatic carbocycles. The summed E-state index contributed by atoms with van der Waals surface area (Å²) in [5.41, 5.74) is 0.804. The number of benzene rings is 1. The second-order valence-electron chi connectivity index (χ2n) is 8.97. The average Bonchev–Trinajstić information content (AvgIpc) is 2.76. The highest BCUT2D eigenvalue weighted by molar-refractivity contribution is 5.98. The lowest BCUT2D eigenvalue weighted by atomic mass is 10.0. The Labute approximate surface area is 199 Å². The van der Waals surface area contributed by atoms with Crippen LogP contribution in [0.5, 0.6) is 5.75 Å². The number of nitrogens with one attached hydrogen (secondary N) is 1. The van der Waals surface area contributed by atoms with Crippen LogP contribution in [-0.2, 0) is 9.53 Å². The minimum Gasteiger partial charge on any atom is -0.491 e. The van der Waals surface area contributed by atoms with Crippen LogP contribution in [0.4, 0.5) is 18.9 Å². The van der Waals surface area contributed by atoms with Gasteiger partial charge in [-0.25, -0.2) is 0 Å². The molecule has 7 nitrogen and oxygen atoms in total. The van der Waals surface area contributed by atoms with Gasteiger partial charge in [0.2, 0.25) is 5.91 Å². The summed E-state index contributed by atoms with van der Waals surface area (Å²) in [5.74, 6) is -0.261. The first kappa shape index (κ1) is 27.9. The first-order chi connectivity index (χ1) is 15.9. The van der Waals surface area contributed by atoms with Gasteiger partial charge in [0.25, 0.3) is 5.91 Å². The average molecular weight is 488 g/mol. The van der Waals surface area contributed by atoms with E-state index >= 15 is 0 Å². The van der Waals surface area contributed by atoms with Gasteiger partial charge in [-0.1, -0.05) is 13.8 Å². The molecule has 1 aromatic carbocycles. The molecule has 192 valence electrons. The second kappa shape index (κ2) is 12.4. The summed E-state index contributed by atoms with van der Waals surface area (Å²) in [7, 11) is 3.19. The fourth-order valence-electron chi connectivity index (χ4n) is 3.96. The van der Waals surface area contributed by atoms with Gasteiger partial charge < -0.3 is 19.7 Å². The van der Waals surface area contributed by atoms with E-state index in [0.29, 0.717) is 30.6 Å². The Morgan fingerprint density at radius 1 is 1.26 bits per heavy atom. The lowest BCUT2D eigenvalue weighted by Gasteiger charge is -2.36. The molecule has 0 unspecified atom stereocenters. The molecule has 1 N–H and O–H groups in total. The maximum atomic E-state index is 13.2. The van der Waals surface area contributed by atoms with Crippen molar-refractivity contribution in [2.75, 3.05) is 45.7 Å². The first-order valence-electron chi connectivity index (χ1n) is 11.6. The quantitative estimate of drug-likeness (QED) is 0.652. The van der Waals surface area contributed by atoms with Crippen LogP contribution in [0.3, 0.4) is 0 Å². The minimum atomic E-state index is -4.26. The number of methoxy groups -OCH3 is 1. The fraction of sp³-hybridized carbons (Fsp3) is 0.667. The summed E-state index contributed by atoms with van der Waals surface area (Å²) in [6.07, 6.45) is -4.49. The van der Waals surface area contributed by atoms with Crippen molar-refractivity contribution in [3.8, 4) is 5.75 Å². The summed E-state index contributed by atoms with van der Waals surface area (Å²) < 4.78 is 50.5. The molecule has 1 aliphatic rings. The van der Waals surface area contributed by atoms with Gasteiger partial charge >= 0.3 is 6.18 Å². The Hall–Kier alpha value is -2.33. The number of amides is 2. The van der Waals surface area contributed by atoms with E-state index in [1.807, 2.05) is 13.8 Å². The number of ether oxygens (including phenoxy) is 2. The SMILES string of the molecule is CCCC(=O)Nc1ccc2c(c1)OC[C@H](C)N(CCC(F)(F)F)C[C@@H](C)[C@H](OC)CN(C)C2=O. The van der Waals surface area contributed by atoms with E-state index in [2.05, 4.69) is 5.32 Å². The predicted octanol–water partition coefficient (Wildman–Crippen LogP) is 4.18. The molecule has 10 heteroatoms. The molecule has 3 atom stereocenters. The van der Waals surface area contributed by atoms with E-state index in [-0.39, 0.29) is 55.3 Å². The lowest BCUT2D eigenvalue weighted by Crippen LogP contribution is -2.47. The molecule has 34 heavy (non-hydrogen) atoms. The molecule has 0 aromatic heterocycles. The van der Waals surface area contributed by atoms with Crippen molar-refractivity contribution in [1.82, 2.24) is 9.80 Å². The number of hydrogen-bond acceptors (Lipinski definition) is 5. The topological polar surface area (TPSA) is 71.1 Å². The van der Waals surface area contributed by atoms with Crippen LogP contribution >= 0.6 is 0 Å². The summed E-state index contributed by atoms with van der Waals surface area (Å²) in [4.78, 5) is 28.5. The van der Waals surface area contributed by atoms with E-state index in [1.54, 1.807) is 37.1 Å². The molecule has 0 saturated carbocycles. The zero-order valence-corrected chi connectivity index (χ0v) is 20.6. The number of hydrogen-bond donors (Lipinski definition) is 1. The normalized spacial score (nSPS) is 22.9. The third-order valence-electron chi connectivity index (χ3n) is 6.02. The van der Waals surface area contributed by atoms with Crippen LogP contribution in [0.1, 0.15) is 50.4 Å². The molecule has 2 amide bonds. The van der Waals surface area contributed by atoms with E-state index in [1.165, 1.54) is 12.0 Å². The number of halogens is 3. The number of nitrogens with zero attached hydrogens (tertiary/aromatic N) is 2. The monoisotopic (exact) mass is 487 g/mol. The third-order valence-corrected chi connectivity index (χ3v) is 6.02. The Morgan fingerprint density at radius 3 is 2.59 bits per heavy atom. The van der Waals surface area contributed by atoms with E-state index in [9.17, 15) is 22.8 Å². The minimum absolute atomic E-state index is 0.0819. The maximum Gasteiger partial charge on any atom is 0.390 e. The Kier molecular flexibility index (Phi) is 10.2. The number of likely N-dealkylation sites (N-methyl/N-ethyl adjacent to an activating group) is 1. The highest BCUT2D eigenvalue weighted by Gasteiger charge is 2.32. The van der Waals surface area contributed by atoms with Crippen LogP contribution in [0.2, 0.25) is 0 Å². The molecule has 0 radical (unpaired) electrons.